The van der Waals surface area contributed by atoms with Crippen molar-refractivity contribution in [2.24, 2.45) is 0 Å². The van der Waals surface area contributed by atoms with Crippen molar-refractivity contribution in [2.75, 3.05) is 41.0 Å². The largest absolute Gasteiger partial charge is 0.382 e. The Balaban J connectivity index is 3.37. The Hall–Kier alpha value is -0.160. The van der Waals surface area contributed by atoms with Crippen molar-refractivity contribution in [1.29, 1.82) is 0 Å². The summed E-state index contributed by atoms with van der Waals surface area (Å²) < 4.78 is 10.2. The van der Waals surface area contributed by atoms with Crippen LogP contribution in [0.25, 0.3) is 0 Å². The molecule has 2 atom stereocenters. The van der Waals surface area contributed by atoms with Crippen molar-refractivity contribution in [1.82, 2.24) is 10.6 Å². The van der Waals surface area contributed by atoms with E-state index in [-0.39, 0.29) is 6.10 Å². The highest BCUT2D eigenvalue weighted by atomic mass is 16.5. The molecule has 0 aromatic carbocycles. The van der Waals surface area contributed by atoms with Crippen LogP contribution in [0.2, 0.25) is 0 Å². The van der Waals surface area contributed by atoms with E-state index in [2.05, 4.69) is 17.6 Å². The van der Waals surface area contributed by atoms with E-state index >= 15 is 0 Å². The molecule has 0 saturated heterocycles. The smallest absolute Gasteiger partial charge is 0.0928 e. The van der Waals surface area contributed by atoms with E-state index in [1.54, 1.807) is 14.2 Å². The van der Waals surface area contributed by atoms with Gasteiger partial charge in [0.1, 0.15) is 0 Å². The number of rotatable bonds is 8. The van der Waals surface area contributed by atoms with Crippen LogP contribution in [0.4, 0.5) is 0 Å². The third-order valence-electron chi connectivity index (χ3n) is 2.00. The third kappa shape index (κ3) is 6.95. The molecular formula is C9H22N2O2. The van der Waals surface area contributed by atoms with Crippen molar-refractivity contribution < 1.29 is 9.47 Å². The molecule has 2 unspecified atom stereocenters. The topological polar surface area (TPSA) is 42.5 Å². The van der Waals surface area contributed by atoms with E-state index in [0.717, 1.165) is 13.1 Å². The van der Waals surface area contributed by atoms with Crippen LogP contribution in [0.3, 0.4) is 0 Å². The van der Waals surface area contributed by atoms with E-state index in [1.807, 2.05) is 7.05 Å². The highest BCUT2D eigenvalue weighted by Crippen LogP contribution is 1.88. The summed E-state index contributed by atoms with van der Waals surface area (Å²) >= 11 is 0. The first-order valence-corrected chi connectivity index (χ1v) is 4.64. The van der Waals surface area contributed by atoms with Gasteiger partial charge in [-0.3, -0.25) is 0 Å². The zero-order valence-corrected chi connectivity index (χ0v) is 9.09. The van der Waals surface area contributed by atoms with Crippen LogP contribution < -0.4 is 10.6 Å². The van der Waals surface area contributed by atoms with Gasteiger partial charge < -0.3 is 20.1 Å². The number of hydrogen-bond donors (Lipinski definition) is 2. The van der Waals surface area contributed by atoms with Gasteiger partial charge in [-0.15, -0.1) is 0 Å². The van der Waals surface area contributed by atoms with Crippen LogP contribution >= 0.6 is 0 Å². The first kappa shape index (κ1) is 12.8. The van der Waals surface area contributed by atoms with Gasteiger partial charge in [-0.05, 0) is 14.0 Å². The molecule has 0 radical (unpaired) electrons. The first-order valence-electron chi connectivity index (χ1n) is 4.64. The molecule has 0 saturated carbocycles. The number of nitrogens with one attached hydrogen (secondary N) is 2. The lowest BCUT2D eigenvalue weighted by atomic mass is 10.3. The van der Waals surface area contributed by atoms with Crippen LogP contribution in [0, 0.1) is 0 Å². The van der Waals surface area contributed by atoms with Gasteiger partial charge in [0.05, 0.1) is 12.7 Å². The van der Waals surface area contributed by atoms with E-state index in [1.165, 1.54) is 0 Å². The molecule has 0 aromatic heterocycles. The van der Waals surface area contributed by atoms with Crippen LogP contribution in [-0.4, -0.2) is 53.1 Å². The van der Waals surface area contributed by atoms with Gasteiger partial charge in [0.15, 0.2) is 0 Å². The predicted octanol–water partition coefficient (Wildman–Crippen LogP) is -0.155. The van der Waals surface area contributed by atoms with Crippen molar-refractivity contribution >= 4 is 0 Å². The van der Waals surface area contributed by atoms with Gasteiger partial charge in [0, 0.05) is 33.4 Å². The second-order valence-electron chi connectivity index (χ2n) is 3.16. The molecule has 0 amide bonds. The molecule has 4 nitrogen and oxygen atoms in total. The second-order valence-corrected chi connectivity index (χ2v) is 3.16. The Bertz CT molecular complexity index is 112. The molecule has 0 spiro atoms. The van der Waals surface area contributed by atoms with Crippen LogP contribution in [0.15, 0.2) is 0 Å². The molecule has 4 heteroatoms. The normalized spacial score (nSPS) is 15.7. The van der Waals surface area contributed by atoms with Crippen molar-refractivity contribution in [2.45, 2.75) is 19.1 Å². The van der Waals surface area contributed by atoms with Crippen molar-refractivity contribution in [3.8, 4) is 0 Å². The zero-order valence-electron chi connectivity index (χ0n) is 9.09. The van der Waals surface area contributed by atoms with E-state index in [9.17, 15) is 0 Å². The van der Waals surface area contributed by atoms with Crippen molar-refractivity contribution in [3.63, 3.8) is 0 Å². The molecule has 0 aromatic rings. The fourth-order valence-corrected chi connectivity index (χ4v) is 0.959. The minimum atomic E-state index is 0.147. The van der Waals surface area contributed by atoms with Gasteiger partial charge in [-0.1, -0.05) is 0 Å². The average Bonchev–Trinajstić information content (AvgIpc) is 2.16. The lowest BCUT2D eigenvalue weighted by Crippen LogP contribution is -2.39. The predicted molar refractivity (Wildman–Crippen MR) is 54.1 cm³/mol. The summed E-state index contributed by atoms with van der Waals surface area (Å²) in [5.74, 6) is 0. The van der Waals surface area contributed by atoms with E-state index < -0.39 is 0 Å². The van der Waals surface area contributed by atoms with Gasteiger partial charge >= 0.3 is 0 Å². The molecule has 0 bridgehead atoms. The van der Waals surface area contributed by atoms with E-state index in [0.29, 0.717) is 12.6 Å². The number of hydrogen-bond acceptors (Lipinski definition) is 4. The Kier molecular flexibility index (Phi) is 8.33. The van der Waals surface area contributed by atoms with Gasteiger partial charge in [0.2, 0.25) is 0 Å². The van der Waals surface area contributed by atoms with E-state index in [4.69, 9.17) is 9.47 Å². The Morgan fingerprint density at radius 3 is 2.38 bits per heavy atom. The van der Waals surface area contributed by atoms with Gasteiger partial charge in [-0.25, -0.2) is 0 Å². The Morgan fingerprint density at radius 2 is 1.92 bits per heavy atom. The van der Waals surface area contributed by atoms with Crippen LogP contribution in [0.1, 0.15) is 6.92 Å². The molecule has 0 fully saturated rings. The Morgan fingerprint density at radius 1 is 1.23 bits per heavy atom. The van der Waals surface area contributed by atoms with Gasteiger partial charge in [-0.2, -0.15) is 0 Å². The Labute approximate surface area is 81.0 Å². The molecule has 2 N–H and O–H groups in total. The highest BCUT2D eigenvalue weighted by Gasteiger charge is 2.06. The molecular weight excluding hydrogens is 168 g/mol. The summed E-state index contributed by atoms with van der Waals surface area (Å²) in [6, 6.07) is 0.486. The van der Waals surface area contributed by atoms with Crippen molar-refractivity contribution in [3.05, 3.63) is 0 Å². The maximum Gasteiger partial charge on any atom is 0.0928 e. The number of ether oxygens (including phenoxy) is 2. The minimum Gasteiger partial charge on any atom is -0.382 e. The first-order chi connectivity index (χ1) is 6.24. The molecule has 0 rings (SSSR count). The fraction of sp³-hybridized carbons (Fsp3) is 1.00. The molecule has 0 aliphatic rings. The van der Waals surface area contributed by atoms with Gasteiger partial charge in [0.25, 0.3) is 0 Å². The summed E-state index contributed by atoms with van der Waals surface area (Å²) in [4.78, 5) is 0. The van der Waals surface area contributed by atoms with Crippen LogP contribution in [0.5, 0.6) is 0 Å². The summed E-state index contributed by atoms with van der Waals surface area (Å²) in [6.45, 7) is 4.54. The second kappa shape index (κ2) is 8.44. The highest BCUT2D eigenvalue weighted by molar-refractivity contribution is 4.65. The number of methoxy groups -OCH3 is 2. The molecule has 0 heterocycles. The summed E-state index contributed by atoms with van der Waals surface area (Å²) in [6.07, 6.45) is 0.147. The fourth-order valence-electron chi connectivity index (χ4n) is 0.959. The SMILES string of the molecule is CNC(C)CNCC(COC)OC. The minimum absolute atomic E-state index is 0.147. The average molecular weight is 190 g/mol. The van der Waals surface area contributed by atoms with Crippen LogP contribution in [-0.2, 0) is 9.47 Å². The maximum atomic E-state index is 5.20. The zero-order chi connectivity index (χ0) is 10.1. The number of likely N-dealkylation sites (N-methyl/N-ethyl adjacent to an activating group) is 1. The molecule has 80 valence electrons. The lowest BCUT2D eigenvalue weighted by molar-refractivity contribution is 0.0288. The standard InChI is InChI=1S/C9H22N2O2/c1-8(10-2)5-11-6-9(13-4)7-12-3/h8-11H,5-7H2,1-4H3. The summed E-state index contributed by atoms with van der Waals surface area (Å²) in [5, 5.41) is 6.46. The lowest BCUT2D eigenvalue weighted by Gasteiger charge is -2.17. The summed E-state index contributed by atoms with van der Waals surface area (Å²) in [7, 11) is 5.34. The maximum absolute atomic E-state index is 5.20. The third-order valence-corrected chi connectivity index (χ3v) is 2.00. The molecule has 13 heavy (non-hydrogen) atoms. The quantitative estimate of drug-likeness (QED) is 0.558. The molecule has 0 aliphatic heterocycles. The summed E-state index contributed by atoms with van der Waals surface area (Å²) in [5.41, 5.74) is 0. The molecule has 0 aliphatic carbocycles. The monoisotopic (exact) mass is 190 g/mol.